The Morgan fingerprint density at radius 2 is 2.15 bits per heavy atom. The highest BCUT2D eigenvalue weighted by atomic mass is 35.5. The highest BCUT2D eigenvalue weighted by Gasteiger charge is 2.16. The zero-order valence-electron chi connectivity index (χ0n) is 14.2. The quantitative estimate of drug-likeness (QED) is 0.517. The number of rotatable bonds is 5. The second-order valence-corrected chi connectivity index (χ2v) is 5.94. The Morgan fingerprint density at radius 1 is 1.38 bits per heavy atom. The molecule has 0 saturated heterocycles. The topological polar surface area (TPSA) is 84.1 Å². The van der Waals surface area contributed by atoms with E-state index in [4.69, 9.17) is 20.8 Å². The van der Waals surface area contributed by atoms with Crippen molar-refractivity contribution in [2.24, 2.45) is 5.10 Å². The van der Waals surface area contributed by atoms with Gasteiger partial charge in [-0.15, -0.1) is 0 Å². The lowest BCUT2D eigenvalue weighted by Gasteiger charge is -2.08. The second kappa shape index (κ2) is 7.49. The standard InChI is InChI=1S/C19H17ClN2O4/c1-3-25-16-9-12(8-14(20)17(16)23)10-21-22-19(24)18-11(2)13-6-4-5-7-15(13)26-18/h4-10,23H,3H2,1-2H3,(H,22,24)/b21-10+. The molecule has 0 atom stereocenters. The van der Waals surface area contributed by atoms with Crippen molar-refractivity contribution >= 4 is 34.7 Å². The Morgan fingerprint density at radius 3 is 2.88 bits per heavy atom. The molecule has 1 aromatic heterocycles. The number of ether oxygens (including phenoxy) is 1. The molecule has 134 valence electrons. The average Bonchev–Trinajstić information content (AvgIpc) is 2.96. The van der Waals surface area contributed by atoms with Gasteiger partial charge in [0.1, 0.15) is 5.58 Å². The van der Waals surface area contributed by atoms with E-state index in [1.807, 2.05) is 25.1 Å². The van der Waals surface area contributed by atoms with Crippen molar-refractivity contribution in [3.63, 3.8) is 0 Å². The van der Waals surface area contributed by atoms with Crippen LogP contribution in [0.2, 0.25) is 5.02 Å². The van der Waals surface area contributed by atoms with Crippen molar-refractivity contribution in [3.05, 3.63) is 58.3 Å². The number of carbonyl (C=O) groups excluding carboxylic acids is 1. The number of hydrogen-bond acceptors (Lipinski definition) is 5. The first-order valence-corrected chi connectivity index (χ1v) is 8.36. The lowest BCUT2D eigenvalue weighted by atomic mass is 10.1. The molecule has 0 radical (unpaired) electrons. The number of nitrogens with zero attached hydrogens (tertiary/aromatic N) is 1. The number of aryl methyl sites for hydroxylation is 1. The maximum absolute atomic E-state index is 12.3. The Hall–Kier alpha value is -2.99. The molecule has 26 heavy (non-hydrogen) atoms. The Bertz CT molecular complexity index is 995. The third-order valence-electron chi connectivity index (χ3n) is 3.78. The number of halogens is 1. The van der Waals surface area contributed by atoms with E-state index in [1.54, 1.807) is 19.1 Å². The van der Waals surface area contributed by atoms with Gasteiger partial charge in [0.15, 0.2) is 17.3 Å². The van der Waals surface area contributed by atoms with Crippen molar-refractivity contribution in [2.45, 2.75) is 13.8 Å². The molecule has 0 spiro atoms. The summed E-state index contributed by atoms with van der Waals surface area (Å²) in [7, 11) is 0. The van der Waals surface area contributed by atoms with Crippen molar-refractivity contribution < 1.29 is 19.1 Å². The number of fused-ring (bicyclic) bond motifs is 1. The van der Waals surface area contributed by atoms with Gasteiger partial charge >= 0.3 is 5.91 Å². The minimum absolute atomic E-state index is 0.132. The van der Waals surface area contributed by atoms with Gasteiger partial charge in [-0.2, -0.15) is 5.10 Å². The molecule has 0 aliphatic carbocycles. The monoisotopic (exact) mass is 372 g/mol. The number of hydrazone groups is 1. The molecule has 2 aromatic carbocycles. The summed E-state index contributed by atoms with van der Waals surface area (Å²) in [6.45, 7) is 4.00. The number of aromatic hydroxyl groups is 1. The molecular formula is C19H17ClN2O4. The summed E-state index contributed by atoms with van der Waals surface area (Å²) >= 11 is 5.96. The fraction of sp³-hybridized carbons (Fsp3) is 0.158. The number of amides is 1. The predicted octanol–water partition coefficient (Wildman–Crippen LogP) is 4.26. The number of carbonyl (C=O) groups is 1. The molecule has 0 fully saturated rings. The van der Waals surface area contributed by atoms with Crippen molar-refractivity contribution in [3.8, 4) is 11.5 Å². The highest BCUT2D eigenvalue weighted by Crippen LogP contribution is 2.34. The number of hydrogen-bond donors (Lipinski definition) is 2. The highest BCUT2D eigenvalue weighted by molar-refractivity contribution is 6.32. The fourth-order valence-electron chi connectivity index (χ4n) is 2.54. The van der Waals surface area contributed by atoms with Gasteiger partial charge in [-0.05, 0) is 37.6 Å². The first kappa shape index (κ1) is 17.8. The predicted molar refractivity (Wildman–Crippen MR) is 100 cm³/mol. The third-order valence-corrected chi connectivity index (χ3v) is 4.07. The van der Waals surface area contributed by atoms with Crippen LogP contribution in [0.3, 0.4) is 0 Å². The Balaban J connectivity index is 1.77. The molecule has 0 bridgehead atoms. The molecule has 6 nitrogen and oxygen atoms in total. The van der Waals surface area contributed by atoms with E-state index >= 15 is 0 Å². The summed E-state index contributed by atoms with van der Waals surface area (Å²) in [6.07, 6.45) is 1.41. The van der Waals surface area contributed by atoms with Crippen molar-refractivity contribution in [2.75, 3.05) is 6.61 Å². The van der Waals surface area contributed by atoms with E-state index in [1.165, 1.54) is 12.3 Å². The summed E-state index contributed by atoms with van der Waals surface area (Å²) in [4.78, 5) is 12.3. The number of nitrogens with one attached hydrogen (secondary N) is 1. The molecule has 0 unspecified atom stereocenters. The van der Waals surface area contributed by atoms with E-state index in [0.29, 0.717) is 17.8 Å². The molecule has 7 heteroatoms. The van der Waals surface area contributed by atoms with Crippen molar-refractivity contribution in [1.82, 2.24) is 5.43 Å². The van der Waals surface area contributed by atoms with Gasteiger partial charge in [-0.25, -0.2) is 5.43 Å². The number of phenols is 1. The third kappa shape index (κ3) is 3.50. The first-order chi connectivity index (χ1) is 12.5. The van der Waals surface area contributed by atoms with Crippen LogP contribution >= 0.6 is 11.6 Å². The number of phenolic OH excluding ortho intramolecular Hbond substituents is 1. The van der Waals surface area contributed by atoms with Gasteiger partial charge in [0.2, 0.25) is 0 Å². The number of furan rings is 1. The molecule has 1 heterocycles. The second-order valence-electron chi connectivity index (χ2n) is 5.53. The lowest BCUT2D eigenvalue weighted by Crippen LogP contribution is -2.17. The largest absolute Gasteiger partial charge is 0.503 e. The smallest absolute Gasteiger partial charge is 0.307 e. The SMILES string of the molecule is CCOc1cc(/C=N/NC(=O)c2oc3ccccc3c2C)cc(Cl)c1O. The van der Waals surface area contributed by atoms with E-state index in [2.05, 4.69) is 10.5 Å². The summed E-state index contributed by atoms with van der Waals surface area (Å²) in [5, 5.41) is 14.8. The van der Waals surface area contributed by atoms with Crippen molar-refractivity contribution in [1.29, 1.82) is 0 Å². The number of benzene rings is 2. The van der Waals surface area contributed by atoms with Crippen LogP contribution in [0.5, 0.6) is 11.5 Å². The minimum atomic E-state index is -0.454. The lowest BCUT2D eigenvalue weighted by molar-refractivity contribution is 0.0929. The molecule has 2 N–H and O–H groups in total. The first-order valence-electron chi connectivity index (χ1n) is 7.98. The normalized spacial score (nSPS) is 11.2. The molecule has 0 saturated carbocycles. The van der Waals surface area contributed by atoms with E-state index in [0.717, 1.165) is 10.9 Å². The zero-order chi connectivity index (χ0) is 18.7. The van der Waals surface area contributed by atoms with Gasteiger partial charge in [-0.1, -0.05) is 29.8 Å². The maximum Gasteiger partial charge on any atom is 0.307 e. The number of para-hydroxylation sites is 1. The zero-order valence-corrected chi connectivity index (χ0v) is 15.0. The van der Waals surface area contributed by atoms with Crippen LogP contribution in [0.15, 0.2) is 45.9 Å². The van der Waals surface area contributed by atoms with Gasteiger partial charge in [0, 0.05) is 10.9 Å². The van der Waals surface area contributed by atoms with Crippen LogP contribution in [-0.4, -0.2) is 23.8 Å². The van der Waals surface area contributed by atoms with E-state index in [9.17, 15) is 9.90 Å². The summed E-state index contributed by atoms with van der Waals surface area (Å²) in [5.74, 6) is -0.125. The fourth-order valence-corrected chi connectivity index (χ4v) is 2.76. The maximum atomic E-state index is 12.3. The molecule has 1 amide bonds. The van der Waals surface area contributed by atoms with Crippen LogP contribution in [0.4, 0.5) is 0 Å². The summed E-state index contributed by atoms with van der Waals surface area (Å²) in [5.41, 5.74) is 4.39. The van der Waals surface area contributed by atoms with E-state index < -0.39 is 5.91 Å². The van der Waals surface area contributed by atoms with Crippen LogP contribution in [0, 0.1) is 6.92 Å². The van der Waals surface area contributed by atoms with Crippen LogP contribution in [0.25, 0.3) is 11.0 Å². The summed E-state index contributed by atoms with van der Waals surface area (Å²) < 4.78 is 10.9. The van der Waals surface area contributed by atoms with Crippen LogP contribution < -0.4 is 10.2 Å². The van der Waals surface area contributed by atoms with Crippen LogP contribution in [-0.2, 0) is 0 Å². The molecule has 3 rings (SSSR count). The summed E-state index contributed by atoms with van der Waals surface area (Å²) in [6, 6.07) is 10.5. The minimum Gasteiger partial charge on any atom is -0.503 e. The van der Waals surface area contributed by atoms with Gasteiger partial charge < -0.3 is 14.3 Å². The van der Waals surface area contributed by atoms with Gasteiger partial charge in [-0.3, -0.25) is 4.79 Å². The Labute approximate surface area is 155 Å². The molecule has 0 aliphatic rings. The molecule has 0 aliphatic heterocycles. The Kier molecular flexibility index (Phi) is 5.14. The average molecular weight is 373 g/mol. The van der Waals surface area contributed by atoms with Gasteiger partial charge in [0.25, 0.3) is 0 Å². The van der Waals surface area contributed by atoms with Gasteiger partial charge in [0.05, 0.1) is 17.8 Å². The molecule has 3 aromatic rings. The van der Waals surface area contributed by atoms with E-state index in [-0.39, 0.29) is 22.3 Å². The molecular weight excluding hydrogens is 356 g/mol. The van der Waals surface area contributed by atoms with Crippen LogP contribution in [0.1, 0.15) is 28.6 Å².